The number of anilines is 1. The lowest BCUT2D eigenvalue weighted by atomic mass is 10.0. The Morgan fingerprint density at radius 3 is 2.62 bits per heavy atom. The minimum Gasteiger partial charge on any atom is -0.382 e. The first-order valence-electron chi connectivity index (χ1n) is 11.5. The van der Waals surface area contributed by atoms with Gasteiger partial charge in [0.1, 0.15) is 33.5 Å². The molecule has 0 saturated heterocycles. The normalized spacial score (nSPS) is 11.9. The molecule has 0 spiro atoms. The monoisotopic (exact) mass is 511 g/mol. The van der Waals surface area contributed by atoms with E-state index in [1.54, 1.807) is 21.8 Å². The second-order valence-electron chi connectivity index (χ2n) is 9.12. The van der Waals surface area contributed by atoms with Crippen molar-refractivity contribution in [2.45, 2.75) is 19.4 Å². The minimum absolute atomic E-state index is 0.217. The van der Waals surface area contributed by atoms with Gasteiger partial charge in [0.15, 0.2) is 5.82 Å². The van der Waals surface area contributed by atoms with Gasteiger partial charge in [-0.1, -0.05) is 28.9 Å². The fourth-order valence-corrected chi connectivity index (χ4v) is 4.37. The first-order chi connectivity index (χ1) is 17.8. The quantitative estimate of drug-likeness (QED) is 0.352. The van der Waals surface area contributed by atoms with Crippen LogP contribution in [0.4, 0.5) is 5.82 Å². The van der Waals surface area contributed by atoms with Crippen molar-refractivity contribution in [3.8, 4) is 34.0 Å². The number of pyridine rings is 1. The molecule has 6 rings (SSSR count). The summed E-state index contributed by atoms with van der Waals surface area (Å²) in [5, 5.41) is 21.5. The number of halogens is 1. The van der Waals surface area contributed by atoms with Crippen molar-refractivity contribution in [3.05, 3.63) is 71.9 Å². The van der Waals surface area contributed by atoms with Gasteiger partial charge in [-0.15, -0.1) is 5.10 Å². The van der Waals surface area contributed by atoms with Gasteiger partial charge in [-0.3, -0.25) is 14.8 Å². The van der Waals surface area contributed by atoms with Crippen LogP contribution < -0.4 is 5.73 Å². The van der Waals surface area contributed by atoms with E-state index in [-0.39, 0.29) is 5.82 Å². The molecule has 0 radical (unpaired) electrons. The number of nitrogens with one attached hydrogen (secondary N) is 1. The summed E-state index contributed by atoms with van der Waals surface area (Å²) in [5.41, 5.74) is 10.9. The van der Waals surface area contributed by atoms with E-state index in [0.29, 0.717) is 33.6 Å². The summed E-state index contributed by atoms with van der Waals surface area (Å²) in [4.78, 5) is 14.2. The number of aryl methyl sites for hydroxylation is 1. The van der Waals surface area contributed by atoms with E-state index in [9.17, 15) is 0 Å². The zero-order chi connectivity index (χ0) is 25.7. The summed E-state index contributed by atoms with van der Waals surface area (Å²) >= 11 is 6.32. The Kier molecular flexibility index (Phi) is 5.23. The largest absolute Gasteiger partial charge is 0.382 e. The van der Waals surface area contributed by atoms with Gasteiger partial charge in [0.05, 0.1) is 23.1 Å². The molecule has 6 aromatic rings. The van der Waals surface area contributed by atoms with Gasteiger partial charge in [0, 0.05) is 30.4 Å². The van der Waals surface area contributed by atoms with Gasteiger partial charge < -0.3 is 5.73 Å². The first kappa shape index (κ1) is 22.8. The predicted molar refractivity (Wildman–Crippen MR) is 140 cm³/mol. The third-order valence-electron chi connectivity index (χ3n) is 6.26. The molecule has 11 nitrogen and oxygen atoms in total. The zero-order valence-electron chi connectivity index (χ0n) is 20.3. The summed E-state index contributed by atoms with van der Waals surface area (Å²) in [7, 11) is 1.84. The van der Waals surface area contributed by atoms with Crippen molar-refractivity contribution in [2.75, 3.05) is 5.73 Å². The number of hydrogen-bond acceptors (Lipinski definition) is 8. The van der Waals surface area contributed by atoms with Crippen LogP contribution in [0.2, 0.25) is 5.15 Å². The first-order valence-corrected chi connectivity index (χ1v) is 11.9. The third kappa shape index (κ3) is 3.89. The number of nitrogen functional groups attached to an aromatic ring is 1. The van der Waals surface area contributed by atoms with Crippen LogP contribution in [0, 0.1) is 0 Å². The molecule has 1 aromatic carbocycles. The number of aromatic amines is 1. The van der Waals surface area contributed by atoms with Crippen molar-refractivity contribution in [2.24, 2.45) is 7.05 Å². The SMILES string of the molecule is Cn1ccc(-c2nc(N)c(-c3cn(C(C)(C)c4ccccn4)nn3)nc2-c2ccc3n[nH]c(Cl)c3c2)n1. The maximum absolute atomic E-state index is 6.44. The molecule has 0 unspecified atom stereocenters. The lowest BCUT2D eigenvalue weighted by Crippen LogP contribution is -2.29. The highest BCUT2D eigenvalue weighted by molar-refractivity contribution is 6.34. The van der Waals surface area contributed by atoms with Crippen LogP contribution in [0.3, 0.4) is 0 Å². The fourth-order valence-electron chi connectivity index (χ4n) is 4.17. The Morgan fingerprint density at radius 1 is 1.00 bits per heavy atom. The number of H-pyrrole nitrogens is 1. The van der Waals surface area contributed by atoms with Crippen LogP contribution >= 0.6 is 11.6 Å². The van der Waals surface area contributed by atoms with Crippen molar-refractivity contribution in [1.82, 2.24) is 49.9 Å². The third-order valence-corrected chi connectivity index (χ3v) is 6.55. The van der Waals surface area contributed by atoms with E-state index in [2.05, 4.69) is 30.6 Å². The molecule has 0 aliphatic carbocycles. The van der Waals surface area contributed by atoms with Gasteiger partial charge >= 0.3 is 0 Å². The molecule has 12 heteroatoms. The maximum atomic E-state index is 6.44. The van der Waals surface area contributed by atoms with Crippen molar-refractivity contribution in [3.63, 3.8) is 0 Å². The van der Waals surface area contributed by atoms with Crippen molar-refractivity contribution >= 4 is 28.3 Å². The van der Waals surface area contributed by atoms with Gasteiger partial charge in [0.25, 0.3) is 0 Å². The second-order valence-corrected chi connectivity index (χ2v) is 9.50. The Hall–Kier alpha value is -4.64. The minimum atomic E-state index is -0.547. The summed E-state index contributed by atoms with van der Waals surface area (Å²) in [6.45, 7) is 4.03. The van der Waals surface area contributed by atoms with Crippen LogP contribution in [-0.4, -0.2) is 49.9 Å². The summed E-state index contributed by atoms with van der Waals surface area (Å²) < 4.78 is 3.45. The summed E-state index contributed by atoms with van der Waals surface area (Å²) in [6, 6.07) is 13.3. The summed E-state index contributed by atoms with van der Waals surface area (Å²) in [5.74, 6) is 0.217. The molecule has 0 saturated carbocycles. The lowest BCUT2D eigenvalue weighted by molar-refractivity contribution is 0.370. The van der Waals surface area contributed by atoms with E-state index in [1.807, 2.05) is 69.6 Å². The molecule has 5 aromatic heterocycles. The highest BCUT2D eigenvalue weighted by atomic mass is 35.5. The number of hydrogen-bond donors (Lipinski definition) is 2. The van der Waals surface area contributed by atoms with E-state index < -0.39 is 5.54 Å². The smallest absolute Gasteiger partial charge is 0.152 e. The van der Waals surface area contributed by atoms with Gasteiger partial charge in [0.2, 0.25) is 0 Å². The molecule has 0 aliphatic rings. The van der Waals surface area contributed by atoms with Crippen LogP contribution in [-0.2, 0) is 12.6 Å². The Morgan fingerprint density at radius 2 is 1.86 bits per heavy atom. The Labute approximate surface area is 216 Å². The average Bonchev–Trinajstić information content (AvgIpc) is 3.65. The Bertz CT molecular complexity index is 1750. The molecular formula is C25H22ClN11. The highest BCUT2D eigenvalue weighted by Crippen LogP contribution is 2.35. The topological polar surface area (TPSA) is 142 Å². The molecule has 184 valence electrons. The molecule has 3 N–H and O–H groups in total. The van der Waals surface area contributed by atoms with Crippen molar-refractivity contribution in [1.29, 1.82) is 0 Å². The lowest BCUT2D eigenvalue weighted by Gasteiger charge is -2.23. The molecule has 0 amide bonds. The number of nitrogens with zero attached hydrogens (tertiary/aromatic N) is 9. The van der Waals surface area contributed by atoms with Crippen LogP contribution in [0.25, 0.3) is 44.9 Å². The zero-order valence-corrected chi connectivity index (χ0v) is 21.0. The number of aromatic nitrogens is 10. The molecular weight excluding hydrogens is 490 g/mol. The number of rotatable bonds is 5. The highest BCUT2D eigenvalue weighted by Gasteiger charge is 2.27. The van der Waals surface area contributed by atoms with Gasteiger partial charge in [-0.2, -0.15) is 10.2 Å². The molecule has 0 bridgehead atoms. The molecule has 5 heterocycles. The molecule has 37 heavy (non-hydrogen) atoms. The van der Waals surface area contributed by atoms with Gasteiger partial charge in [-0.25, -0.2) is 14.6 Å². The maximum Gasteiger partial charge on any atom is 0.152 e. The molecule has 0 aliphatic heterocycles. The van der Waals surface area contributed by atoms with E-state index >= 15 is 0 Å². The number of fused-ring (bicyclic) bond motifs is 1. The molecule has 0 atom stereocenters. The number of nitrogens with two attached hydrogens (primary N) is 1. The summed E-state index contributed by atoms with van der Waals surface area (Å²) in [6.07, 6.45) is 5.39. The average molecular weight is 512 g/mol. The Balaban J connectivity index is 1.51. The second kappa shape index (κ2) is 8.49. The molecule has 0 fully saturated rings. The van der Waals surface area contributed by atoms with Crippen LogP contribution in [0.15, 0.2) is 61.1 Å². The number of benzene rings is 1. The van der Waals surface area contributed by atoms with E-state index in [4.69, 9.17) is 27.3 Å². The van der Waals surface area contributed by atoms with Crippen LogP contribution in [0.5, 0.6) is 0 Å². The van der Waals surface area contributed by atoms with Crippen LogP contribution in [0.1, 0.15) is 19.5 Å². The van der Waals surface area contributed by atoms with Crippen molar-refractivity contribution < 1.29 is 0 Å². The van der Waals surface area contributed by atoms with E-state index in [1.165, 1.54) is 0 Å². The standard InChI is InChI=1S/C25H22ClN11/c1-25(2,19-6-4-5-10-28-19)37-13-18(32-35-37)22-24(27)30-21(17-9-11-36(3)34-17)20(29-22)14-7-8-16-15(12-14)23(26)33-31-16/h4-13H,1-3H3,(H2,27,30)(H,31,33). The predicted octanol–water partition coefficient (Wildman–Crippen LogP) is 4.09. The fraction of sp³-hybridized carbons (Fsp3) is 0.160. The van der Waals surface area contributed by atoms with E-state index in [0.717, 1.165) is 22.2 Å². The van der Waals surface area contributed by atoms with Gasteiger partial charge in [-0.05, 0) is 44.2 Å².